The molecule has 1 aromatic carbocycles. The van der Waals surface area contributed by atoms with Gasteiger partial charge in [0.2, 0.25) is 11.8 Å². The molecule has 2 amide bonds. The smallest absolute Gasteiger partial charge is 0.228 e. The molecule has 0 radical (unpaired) electrons. The summed E-state index contributed by atoms with van der Waals surface area (Å²) < 4.78 is 5.44. The monoisotopic (exact) mass is 430 g/mol. The van der Waals surface area contributed by atoms with Crippen molar-refractivity contribution in [3.05, 3.63) is 53.9 Å². The van der Waals surface area contributed by atoms with E-state index in [9.17, 15) is 9.59 Å². The molecule has 0 spiro atoms. The first-order valence-corrected chi connectivity index (χ1v) is 9.94. The van der Waals surface area contributed by atoms with Crippen molar-refractivity contribution >= 4 is 29.9 Å². The largest absolute Gasteiger partial charge is 0.495 e. The number of pyridine rings is 1. The van der Waals surface area contributed by atoms with Gasteiger partial charge in [-0.05, 0) is 36.2 Å². The minimum absolute atomic E-state index is 0. The molecule has 2 atom stereocenters. The Labute approximate surface area is 182 Å². The molecule has 1 aromatic heterocycles. The first-order chi connectivity index (χ1) is 14.1. The summed E-state index contributed by atoms with van der Waals surface area (Å²) in [5.74, 6) is 0.278. The van der Waals surface area contributed by atoms with Gasteiger partial charge in [0, 0.05) is 45.0 Å². The average Bonchev–Trinajstić information content (AvgIpc) is 3.15. The second-order valence-electron chi connectivity index (χ2n) is 7.62. The molecule has 1 N–H and O–H groups in total. The molecule has 3 heterocycles. The standard InChI is InChI=1S/C22H26N4O3.ClH/c1-15-5-6-20(29-2)18(10-15)26-14-17(11-21(26)27)22(28)25-9-8-24-13-19(25)16-4-3-7-23-12-16;/h3-7,10,12,17,19,24H,8-9,11,13-14H2,1-2H3;1H. The Hall–Kier alpha value is -2.64. The normalized spacial score (nSPS) is 21.3. The lowest BCUT2D eigenvalue weighted by Crippen LogP contribution is -2.50. The molecule has 160 valence electrons. The highest BCUT2D eigenvalue weighted by Crippen LogP contribution is 2.35. The fourth-order valence-corrected chi connectivity index (χ4v) is 4.19. The van der Waals surface area contributed by atoms with E-state index in [0.29, 0.717) is 25.4 Å². The highest BCUT2D eigenvalue weighted by Gasteiger charge is 2.40. The third-order valence-corrected chi connectivity index (χ3v) is 5.70. The zero-order valence-electron chi connectivity index (χ0n) is 17.2. The van der Waals surface area contributed by atoms with Crippen molar-refractivity contribution in [1.82, 2.24) is 15.2 Å². The van der Waals surface area contributed by atoms with Gasteiger partial charge in [0.25, 0.3) is 0 Å². The summed E-state index contributed by atoms with van der Waals surface area (Å²) in [6.07, 6.45) is 3.76. The summed E-state index contributed by atoms with van der Waals surface area (Å²) in [6.45, 7) is 4.41. The summed E-state index contributed by atoms with van der Waals surface area (Å²) >= 11 is 0. The molecule has 30 heavy (non-hydrogen) atoms. The van der Waals surface area contributed by atoms with Gasteiger partial charge in [-0.1, -0.05) is 12.1 Å². The van der Waals surface area contributed by atoms with Gasteiger partial charge in [0.15, 0.2) is 0 Å². The molecule has 2 saturated heterocycles. The fourth-order valence-electron chi connectivity index (χ4n) is 4.19. The molecule has 0 bridgehead atoms. The van der Waals surface area contributed by atoms with Crippen LogP contribution in [0.4, 0.5) is 5.69 Å². The van der Waals surface area contributed by atoms with Crippen molar-refractivity contribution < 1.29 is 14.3 Å². The van der Waals surface area contributed by atoms with Gasteiger partial charge in [-0.3, -0.25) is 14.6 Å². The van der Waals surface area contributed by atoms with Crippen LogP contribution in [0.1, 0.15) is 23.6 Å². The van der Waals surface area contributed by atoms with Crippen molar-refractivity contribution in [2.24, 2.45) is 5.92 Å². The van der Waals surface area contributed by atoms with E-state index >= 15 is 0 Å². The van der Waals surface area contributed by atoms with Crippen molar-refractivity contribution in [3.8, 4) is 5.75 Å². The number of piperazine rings is 1. The highest BCUT2D eigenvalue weighted by atomic mass is 35.5. The zero-order valence-corrected chi connectivity index (χ0v) is 18.0. The van der Waals surface area contributed by atoms with E-state index in [0.717, 1.165) is 23.4 Å². The predicted molar refractivity (Wildman–Crippen MR) is 117 cm³/mol. The lowest BCUT2D eigenvalue weighted by atomic mass is 10.0. The number of aryl methyl sites for hydroxylation is 1. The van der Waals surface area contributed by atoms with Crippen LogP contribution < -0.4 is 15.0 Å². The van der Waals surface area contributed by atoms with Gasteiger partial charge < -0.3 is 19.9 Å². The van der Waals surface area contributed by atoms with E-state index in [-0.39, 0.29) is 42.6 Å². The average molecular weight is 431 g/mol. The maximum Gasteiger partial charge on any atom is 0.228 e. The number of amides is 2. The lowest BCUT2D eigenvalue weighted by molar-refractivity contribution is -0.139. The van der Waals surface area contributed by atoms with Crippen LogP contribution in [0, 0.1) is 12.8 Å². The Morgan fingerprint density at radius 1 is 1.30 bits per heavy atom. The Morgan fingerprint density at radius 3 is 2.87 bits per heavy atom. The zero-order chi connectivity index (χ0) is 20.4. The number of aromatic nitrogens is 1. The number of halogens is 1. The molecule has 0 aliphatic carbocycles. The number of nitrogens with zero attached hydrogens (tertiary/aromatic N) is 3. The van der Waals surface area contributed by atoms with Gasteiger partial charge in [-0.25, -0.2) is 0 Å². The summed E-state index contributed by atoms with van der Waals surface area (Å²) in [7, 11) is 1.59. The van der Waals surface area contributed by atoms with Gasteiger partial charge >= 0.3 is 0 Å². The topological polar surface area (TPSA) is 74.8 Å². The summed E-state index contributed by atoms with van der Waals surface area (Å²) in [5.41, 5.74) is 2.79. The maximum atomic E-state index is 13.4. The fraction of sp³-hybridized carbons (Fsp3) is 0.409. The molecular formula is C22H27ClN4O3. The number of methoxy groups -OCH3 is 1. The summed E-state index contributed by atoms with van der Waals surface area (Å²) in [5, 5.41) is 3.36. The number of nitrogens with one attached hydrogen (secondary N) is 1. The first kappa shape index (κ1) is 22.1. The predicted octanol–water partition coefficient (Wildman–Crippen LogP) is 2.35. The van der Waals surface area contributed by atoms with Crippen LogP contribution in [0.5, 0.6) is 5.75 Å². The van der Waals surface area contributed by atoms with E-state index in [1.165, 1.54) is 0 Å². The third-order valence-electron chi connectivity index (χ3n) is 5.70. The molecule has 2 aliphatic heterocycles. The van der Waals surface area contributed by atoms with E-state index < -0.39 is 0 Å². The van der Waals surface area contributed by atoms with Crippen LogP contribution in [0.3, 0.4) is 0 Å². The molecule has 8 heteroatoms. The number of ether oxygens (including phenoxy) is 1. The number of carbonyl (C=O) groups excluding carboxylic acids is 2. The second-order valence-corrected chi connectivity index (χ2v) is 7.62. The quantitative estimate of drug-likeness (QED) is 0.805. The molecule has 2 aliphatic rings. The minimum atomic E-state index is -0.356. The van der Waals surface area contributed by atoms with Crippen LogP contribution in [0.25, 0.3) is 0 Å². The maximum absolute atomic E-state index is 13.4. The Balaban J connectivity index is 0.00000256. The van der Waals surface area contributed by atoms with Crippen LogP contribution >= 0.6 is 12.4 Å². The van der Waals surface area contributed by atoms with E-state index in [1.807, 2.05) is 48.4 Å². The highest BCUT2D eigenvalue weighted by molar-refractivity contribution is 6.01. The first-order valence-electron chi connectivity index (χ1n) is 9.94. The summed E-state index contributed by atoms with van der Waals surface area (Å²) in [6, 6.07) is 9.56. The van der Waals surface area contributed by atoms with Crippen molar-refractivity contribution in [2.45, 2.75) is 19.4 Å². The summed E-state index contributed by atoms with van der Waals surface area (Å²) in [4.78, 5) is 34.0. The molecular weight excluding hydrogens is 404 g/mol. The Morgan fingerprint density at radius 2 is 2.13 bits per heavy atom. The third kappa shape index (κ3) is 4.27. The van der Waals surface area contributed by atoms with Crippen molar-refractivity contribution in [3.63, 3.8) is 0 Å². The Bertz CT molecular complexity index is 909. The molecule has 7 nitrogen and oxygen atoms in total. The van der Waals surface area contributed by atoms with Gasteiger partial charge in [0.1, 0.15) is 5.75 Å². The number of rotatable bonds is 4. The molecule has 2 aromatic rings. The van der Waals surface area contributed by atoms with E-state index in [1.54, 1.807) is 18.2 Å². The van der Waals surface area contributed by atoms with Crippen LogP contribution in [-0.2, 0) is 9.59 Å². The number of carbonyl (C=O) groups is 2. The molecule has 4 rings (SSSR count). The number of hydrogen-bond donors (Lipinski definition) is 1. The second kappa shape index (κ2) is 9.45. The van der Waals surface area contributed by atoms with Gasteiger partial charge in [-0.15, -0.1) is 12.4 Å². The van der Waals surface area contributed by atoms with E-state index in [2.05, 4.69) is 10.3 Å². The number of hydrogen-bond acceptors (Lipinski definition) is 5. The van der Waals surface area contributed by atoms with Crippen LogP contribution in [-0.4, -0.2) is 55.0 Å². The van der Waals surface area contributed by atoms with Gasteiger partial charge in [0.05, 0.1) is 24.8 Å². The minimum Gasteiger partial charge on any atom is -0.495 e. The lowest BCUT2D eigenvalue weighted by Gasteiger charge is -2.37. The van der Waals surface area contributed by atoms with Crippen LogP contribution in [0.15, 0.2) is 42.7 Å². The SMILES string of the molecule is COc1ccc(C)cc1N1CC(C(=O)N2CCNCC2c2cccnc2)CC1=O.Cl. The van der Waals surface area contributed by atoms with Crippen molar-refractivity contribution in [2.75, 3.05) is 38.2 Å². The van der Waals surface area contributed by atoms with Crippen molar-refractivity contribution in [1.29, 1.82) is 0 Å². The van der Waals surface area contributed by atoms with Gasteiger partial charge in [-0.2, -0.15) is 0 Å². The molecule has 2 unspecified atom stereocenters. The van der Waals surface area contributed by atoms with Crippen LogP contribution in [0.2, 0.25) is 0 Å². The molecule has 2 fully saturated rings. The number of anilines is 1. The Kier molecular flexibility index (Phi) is 6.95. The number of benzene rings is 1. The molecule has 0 saturated carbocycles. The van der Waals surface area contributed by atoms with E-state index in [4.69, 9.17) is 4.74 Å².